The minimum Gasteiger partial charge on any atom is -0.445 e. The molecule has 0 saturated carbocycles. The quantitative estimate of drug-likeness (QED) is 0.338. The predicted octanol–water partition coefficient (Wildman–Crippen LogP) is 4.50. The third-order valence-electron chi connectivity index (χ3n) is 4.94. The van der Waals surface area contributed by atoms with E-state index in [-0.39, 0.29) is 18.8 Å². The van der Waals surface area contributed by atoms with Gasteiger partial charge in [0.05, 0.1) is 12.2 Å². The molecule has 0 fully saturated rings. The van der Waals surface area contributed by atoms with E-state index in [0.717, 1.165) is 16.5 Å². The predicted molar refractivity (Wildman–Crippen MR) is 157 cm³/mol. The van der Waals surface area contributed by atoms with Gasteiger partial charge in [-0.3, -0.25) is 9.59 Å². The fraction of sp³-hybridized carbons (Fsp3) is 0.429. The summed E-state index contributed by atoms with van der Waals surface area (Å²) in [5, 5.41) is 7.74. The number of hydrogen-bond donors (Lipinski definition) is 3. The number of amides is 4. The lowest BCUT2D eigenvalue weighted by molar-refractivity contribution is -0.125. The Morgan fingerprint density at radius 1 is 0.975 bits per heavy atom. The smallest absolute Gasteiger partial charge is 0.408 e. The molecular weight excluding hydrogens is 634 g/mol. The molecule has 0 aromatic heterocycles. The summed E-state index contributed by atoms with van der Waals surface area (Å²) in [6, 6.07) is 11.3. The first-order chi connectivity index (χ1) is 18.5. The number of nitrogens with one attached hydrogen (secondary N) is 3. The summed E-state index contributed by atoms with van der Waals surface area (Å²) >= 11 is 1.86. The number of nitrogens with zero attached hydrogens (tertiary/aromatic N) is 1. The highest BCUT2D eigenvalue weighted by molar-refractivity contribution is 14.1. The van der Waals surface area contributed by atoms with E-state index in [9.17, 15) is 23.6 Å². The van der Waals surface area contributed by atoms with Crippen LogP contribution in [0.15, 0.2) is 48.5 Å². The van der Waals surface area contributed by atoms with Crippen molar-refractivity contribution in [3.63, 3.8) is 0 Å². The topological polar surface area (TPSA) is 126 Å². The van der Waals surface area contributed by atoms with Crippen LogP contribution in [0.4, 0.5) is 19.7 Å². The van der Waals surface area contributed by atoms with E-state index >= 15 is 0 Å². The zero-order valence-electron chi connectivity index (χ0n) is 23.5. The van der Waals surface area contributed by atoms with Gasteiger partial charge < -0.3 is 30.3 Å². The van der Waals surface area contributed by atoms with Crippen molar-refractivity contribution in [3.8, 4) is 0 Å². The third kappa shape index (κ3) is 11.8. The Morgan fingerprint density at radius 2 is 1.62 bits per heavy atom. The molecular formula is C28H36FIN4O6. The van der Waals surface area contributed by atoms with Crippen LogP contribution in [-0.4, -0.2) is 54.3 Å². The number of alkyl carbamates (subject to hydrolysis) is 2. The summed E-state index contributed by atoms with van der Waals surface area (Å²) in [7, 11) is 0. The van der Waals surface area contributed by atoms with Gasteiger partial charge in [0.15, 0.2) is 0 Å². The highest BCUT2D eigenvalue weighted by atomic mass is 127. The molecule has 2 rings (SSSR count). The van der Waals surface area contributed by atoms with Crippen LogP contribution < -0.4 is 20.9 Å². The molecule has 0 saturated heterocycles. The van der Waals surface area contributed by atoms with E-state index in [4.69, 9.17) is 9.47 Å². The number of benzene rings is 2. The molecule has 1 atom stereocenters. The molecule has 2 aromatic rings. The van der Waals surface area contributed by atoms with Crippen molar-refractivity contribution in [3.05, 3.63) is 63.5 Å². The molecule has 12 heteroatoms. The van der Waals surface area contributed by atoms with Crippen molar-refractivity contribution in [2.75, 3.05) is 18.0 Å². The van der Waals surface area contributed by atoms with Gasteiger partial charge in [0.25, 0.3) is 5.91 Å². The van der Waals surface area contributed by atoms with Crippen molar-refractivity contribution in [2.24, 2.45) is 0 Å². The molecule has 0 unspecified atom stereocenters. The largest absolute Gasteiger partial charge is 0.445 e. The van der Waals surface area contributed by atoms with Crippen molar-refractivity contribution >= 4 is 52.3 Å². The second-order valence-electron chi connectivity index (χ2n) is 11.0. The average Bonchev–Trinajstić information content (AvgIpc) is 2.82. The maximum absolute atomic E-state index is 13.9. The first kappa shape index (κ1) is 32.8. The monoisotopic (exact) mass is 670 g/mol. The number of halogens is 2. The van der Waals surface area contributed by atoms with E-state index in [1.807, 2.05) is 28.7 Å². The zero-order chi connectivity index (χ0) is 30.1. The van der Waals surface area contributed by atoms with Gasteiger partial charge in [-0.2, -0.15) is 0 Å². The van der Waals surface area contributed by atoms with Gasteiger partial charge in [-0.1, -0.05) is 30.3 Å². The van der Waals surface area contributed by atoms with Gasteiger partial charge in [-0.25, -0.2) is 14.0 Å². The lowest BCUT2D eigenvalue weighted by Crippen LogP contribution is -2.56. The van der Waals surface area contributed by atoms with Gasteiger partial charge in [0.2, 0.25) is 5.91 Å². The van der Waals surface area contributed by atoms with Crippen LogP contribution in [0, 0.1) is 9.39 Å². The number of rotatable bonds is 9. The number of carbonyl (C=O) groups is 4. The number of ether oxygens (including phenoxy) is 2. The first-order valence-electron chi connectivity index (χ1n) is 12.6. The molecule has 10 nitrogen and oxygen atoms in total. The number of carbonyl (C=O) groups excluding carboxylic acids is 4. The molecule has 3 N–H and O–H groups in total. The Labute approximate surface area is 247 Å². The fourth-order valence-electron chi connectivity index (χ4n) is 3.38. The van der Waals surface area contributed by atoms with E-state index in [2.05, 4.69) is 16.0 Å². The van der Waals surface area contributed by atoms with E-state index < -0.39 is 53.5 Å². The van der Waals surface area contributed by atoms with Gasteiger partial charge in [-0.05, 0) is 87.9 Å². The second-order valence-corrected chi connectivity index (χ2v) is 12.1. The molecule has 0 aliphatic rings. The normalized spacial score (nSPS) is 12.1. The molecule has 0 bridgehead atoms. The summed E-state index contributed by atoms with van der Waals surface area (Å²) in [6.45, 7) is 9.55. The van der Waals surface area contributed by atoms with Crippen molar-refractivity contribution in [2.45, 2.75) is 65.3 Å². The summed E-state index contributed by atoms with van der Waals surface area (Å²) < 4.78 is 24.8. The summed E-state index contributed by atoms with van der Waals surface area (Å²) in [5.74, 6) is -1.74. The van der Waals surface area contributed by atoms with Crippen LogP contribution in [0.3, 0.4) is 0 Å². The molecule has 40 heavy (non-hydrogen) atoms. The van der Waals surface area contributed by atoms with Gasteiger partial charge in [-0.15, -0.1) is 0 Å². The fourth-order valence-corrected chi connectivity index (χ4v) is 4.15. The lowest BCUT2D eigenvalue weighted by atomic mass is 10.1. The SMILES string of the molecule is CC(C)(C)NC(=O)CN(C(=O)[C@H](CNC(=O)OC(C)(C)C)NC(=O)OCc1ccccc1)c1ccc(F)cc1I. The van der Waals surface area contributed by atoms with Crippen molar-refractivity contribution in [1.82, 2.24) is 16.0 Å². The van der Waals surface area contributed by atoms with Gasteiger partial charge >= 0.3 is 12.2 Å². The van der Waals surface area contributed by atoms with Crippen LogP contribution in [0.5, 0.6) is 0 Å². The van der Waals surface area contributed by atoms with E-state index in [1.54, 1.807) is 65.8 Å². The molecule has 0 radical (unpaired) electrons. The molecule has 0 aliphatic heterocycles. The van der Waals surface area contributed by atoms with Crippen LogP contribution in [0.25, 0.3) is 0 Å². The molecule has 0 heterocycles. The van der Waals surface area contributed by atoms with Crippen molar-refractivity contribution < 1.29 is 33.0 Å². The van der Waals surface area contributed by atoms with Crippen LogP contribution >= 0.6 is 22.6 Å². The number of anilines is 1. The molecule has 4 amide bonds. The third-order valence-corrected chi connectivity index (χ3v) is 5.80. The van der Waals surface area contributed by atoms with Gasteiger partial charge in [0, 0.05) is 9.11 Å². The highest BCUT2D eigenvalue weighted by Gasteiger charge is 2.32. The Balaban J connectivity index is 2.34. The van der Waals surface area contributed by atoms with Crippen LogP contribution in [0.2, 0.25) is 0 Å². The molecule has 218 valence electrons. The maximum atomic E-state index is 13.9. The molecule has 0 spiro atoms. The maximum Gasteiger partial charge on any atom is 0.408 e. The minimum atomic E-state index is -1.36. The molecule has 0 aliphatic carbocycles. The molecule has 2 aromatic carbocycles. The summed E-state index contributed by atoms with van der Waals surface area (Å²) in [4.78, 5) is 52.9. The second kappa shape index (κ2) is 14.3. The van der Waals surface area contributed by atoms with Crippen molar-refractivity contribution in [1.29, 1.82) is 0 Å². The van der Waals surface area contributed by atoms with E-state index in [1.165, 1.54) is 12.1 Å². The standard InChI is InChI=1S/C28H36FIN4O6/c1-27(2,3)33-23(35)16-34(22-13-12-19(29)14-20(22)30)24(36)21(15-31-25(37)40-28(4,5)6)32-26(38)39-17-18-10-8-7-9-11-18/h7-14,21H,15-17H2,1-6H3,(H,31,37)(H,32,38)(H,33,35)/t21-/m0/s1. The summed E-state index contributed by atoms with van der Waals surface area (Å²) in [6.07, 6.45) is -1.72. The zero-order valence-corrected chi connectivity index (χ0v) is 25.6. The first-order valence-corrected chi connectivity index (χ1v) is 13.6. The highest BCUT2D eigenvalue weighted by Crippen LogP contribution is 2.24. The van der Waals surface area contributed by atoms with Gasteiger partial charge in [0.1, 0.15) is 30.6 Å². The Kier molecular flexibility index (Phi) is 11.7. The minimum absolute atomic E-state index is 0.0549. The van der Waals surface area contributed by atoms with Crippen LogP contribution in [-0.2, 0) is 25.7 Å². The summed E-state index contributed by atoms with van der Waals surface area (Å²) in [5.41, 5.74) is -0.405. The van der Waals surface area contributed by atoms with E-state index in [0.29, 0.717) is 3.57 Å². The Bertz CT molecular complexity index is 1200. The Hall–Kier alpha value is -3.42. The number of hydrogen-bond acceptors (Lipinski definition) is 6. The lowest BCUT2D eigenvalue weighted by Gasteiger charge is -2.30. The van der Waals surface area contributed by atoms with Crippen LogP contribution in [0.1, 0.15) is 47.1 Å². The average molecular weight is 671 g/mol. The Morgan fingerprint density at radius 3 is 2.20 bits per heavy atom.